The lowest BCUT2D eigenvalue weighted by Gasteiger charge is -1.93. The van der Waals surface area contributed by atoms with Gasteiger partial charge in [0.25, 0.3) is 0 Å². The third kappa shape index (κ3) is 1.82. The van der Waals surface area contributed by atoms with E-state index in [4.69, 9.17) is 0 Å². The zero-order valence-corrected chi connectivity index (χ0v) is 10.0. The van der Waals surface area contributed by atoms with Gasteiger partial charge in [-0.25, -0.2) is 4.98 Å². The summed E-state index contributed by atoms with van der Waals surface area (Å²) in [6.07, 6.45) is 1.68. The normalized spacial score (nSPS) is 13.4. The maximum atomic E-state index is 11.2. The Morgan fingerprint density at radius 2 is 2.31 bits per heavy atom. The molecule has 1 heterocycles. The summed E-state index contributed by atoms with van der Waals surface area (Å²) in [4.78, 5) is 5.10. The predicted octanol–water partition coefficient (Wildman–Crippen LogP) is 2.80. The van der Waals surface area contributed by atoms with E-state index < -0.39 is 10.8 Å². The monoisotopic (exact) mass is 275 g/mol. The van der Waals surface area contributed by atoms with E-state index in [1.54, 1.807) is 17.6 Å². The maximum absolute atomic E-state index is 11.2. The topological polar surface area (TPSA) is 30.0 Å². The average Bonchev–Trinajstić information content (AvgIpc) is 2.42. The van der Waals surface area contributed by atoms with E-state index in [1.165, 1.54) is 0 Å². The minimum absolute atomic E-state index is 0.851. The molecule has 0 saturated carbocycles. The standard InChI is InChI=1S/C8H6BrNOS2/c1-13(11)5-2-3-6-7(4-5)12-8(9)10-6/h2-4H,1H3. The van der Waals surface area contributed by atoms with Crippen LogP contribution in [0.2, 0.25) is 0 Å². The van der Waals surface area contributed by atoms with Gasteiger partial charge >= 0.3 is 0 Å². The number of rotatable bonds is 1. The molecule has 0 aliphatic rings. The largest absolute Gasteiger partial charge is 0.255 e. The highest BCUT2D eigenvalue weighted by Gasteiger charge is 2.03. The van der Waals surface area contributed by atoms with Crippen LogP contribution < -0.4 is 0 Å². The molecule has 2 rings (SSSR count). The molecule has 13 heavy (non-hydrogen) atoms. The highest BCUT2D eigenvalue weighted by molar-refractivity contribution is 9.11. The van der Waals surface area contributed by atoms with Crippen LogP contribution in [0.3, 0.4) is 0 Å². The number of thiazole rings is 1. The molecule has 68 valence electrons. The predicted molar refractivity (Wildman–Crippen MR) is 59.7 cm³/mol. The quantitative estimate of drug-likeness (QED) is 0.801. The first-order valence-corrected chi connectivity index (χ1v) is 6.73. The molecule has 0 aliphatic carbocycles. The second-order valence-electron chi connectivity index (χ2n) is 2.55. The second-order valence-corrected chi connectivity index (χ2v) is 6.24. The van der Waals surface area contributed by atoms with Crippen LogP contribution in [-0.2, 0) is 10.8 Å². The molecule has 0 radical (unpaired) electrons. The Kier molecular flexibility index (Phi) is 2.49. The summed E-state index contributed by atoms with van der Waals surface area (Å²) in [6.45, 7) is 0. The van der Waals surface area contributed by atoms with Crippen molar-refractivity contribution >= 4 is 48.3 Å². The van der Waals surface area contributed by atoms with Gasteiger partial charge in [0.2, 0.25) is 0 Å². The Morgan fingerprint density at radius 1 is 1.54 bits per heavy atom. The maximum Gasteiger partial charge on any atom is 0.160 e. The number of hydrogen-bond donors (Lipinski definition) is 0. The first-order chi connectivity index (χ1) is 6.16. The molecule has 0 spiro atoms. The van der Waals surface area contributed by atoms with Crippen molar-refractivity contribution in [2.24, 2.45) is 0 Å². The molecule has 1 aromatic carbocycles. The van der Waals surface area contributed by atoms with Gasteiger partial charge in [-0.3, -0.25) is 4.21 Å². The number of fused-ring (bicyclic) bond motifs is 1. The van der Waals surface area contributed by atoms with Crippen LogP contribution in [0, 0.1) is 0 Å². The van der Waals surface area contributed by atoms with Crippen LogP contribution in [0.4, 0.5) is 0 Å². The molecule has 5 heteroatoms. The molecule has 1 atom stereocenters. The van der Waals surface area contributed by atoms with E-state index in [2.05, 4.69) is 20.9 Å². The summed E-state index contributed by atoms with van der Waals surface area (Å²) in [5.41, 5.74) is 0.950. The second kappa shape index (κ2) is 3.48. The lowest BCUT2D eigenvalue weighted by molar-refractivity contribution is 0.687. The van der Waals surface area contributed by atoms with Gasteiger partial charge < -0.3 is 0 Å². The van der Waals surface area contributed by atoms with Crippen LogP contribution >= 0.6 is 27.3 Å². The number of hydrogen-bond acceptors (Lipinski definition) is 3. The van der Waals surface area contributed by atoms with E-state index in [9.17, 15) is 4.21 Å². The van der Waals surface area contributed by atoms with Crippen LogP contribution in [0.5, 0.6) is 0 Å². The van der Waals surface area contributed by atoms with Crippen molar-refractivity contribution in [2.45, 2.75) is 4.90 Å². The fraction of sp³-hybridized carbons (Fsp3) is 0.125. The minimum atomic E-state index is -0.912. The molecule has 0 saturated heterocycles. The highest BCUT2D eigenvalue weighted by Crippen LogP contribution is 2.27. The molecule has 0 aliphatic heterocycles. The summed E-state index contributed by atoms with van der Waals surface area (Å²) in [7, 11) is -0.912. The fourth-order valence-corrected chi connectivity index (χ4v) is 3.12. The van der Waals surface area contributed by atoms with Gasteiger partial charge in [-0.1, -0.05) is 0 Å². The van der Waals surface area contributed by atoms with E-state index in [1.807, 2.05) is 18.2 Å². The zero-order valence-electron chi connectivity index (χ0n) is 6.78. The van der Waals surface area contributed by atoms with Crippen LogP contribution in [0.15, 0.2) is 27.0 Å². The van der Waals surface area contributed by atoms with Gasteiger partial charge in [0, 0.05) is 22.0 Å². The van der Waals surface area contributed by atoms with Crippen molar-refractivity contribution < 1.29 is 4.21 Å². The zero-order chi connectivity index (χ0) is 9.42. The van der Waals surface area contributed by atoms with Crippen molar-refractivity contribution in [3.8, 4) is 0 Å². The Balaban J connectivity index is 2.67. The van der Waals surface area contributed by atoms with Crippen LogP contribution in [-0.4, -0.2) is 15.4 Å². The molecule has 1 aromatic heterocycles. The Morgan fingerprint density at radius 3 is 3.00 bits per heavy atom. The van der Waals surface area contributed by atoms with Crippen molar-refractivity contribution in [3.63, 3.8) is 0 Å². The summed E-state index contributed by atoms with van der Waals surface area (Å²) in [5.74, 6) is 0. The minimum Gasteiger partial charge on any atom is -0.255 e. The fourth-order valence-electron chi connectivity index (χ4n) is 1.06. The van der Waals surface area contributed by atoms with E-state index in [-0.39, 0.29) is 0 Å². The highest BCUT2D eigenvalue weighted by atomic mass is 79.9. The summed E-state index contributed by atoms with van der Waals surface area (Å²) in [5, 5.41) is 0. The first-order valence-electron chi connectivity index (χ1n) is 3.56. The molecule has 2 aromatic rings. The van der Waals surface area contributed by atoms with E-state index >= 15 is 0 Å². The molecular formula is C8H6BrNOS2. The number of benzene rings is 1. The number of nitrogens with zero attached hydrogens (tertiary/aromatic N) is 1. The molecule has 0 bridgehead atoms. The van der Waals surface area contributed by atoms with Crippen LogP contribution in [0.25, 0.3) is 10.2 Å². The van der Waals surface area contributed by atoms with Crippen LogP contribution in [0.1, 0.15) is 0 Å². The lowest BCUT2D eigenvalue weighted by atomic mass is 10.3. The summed E-state index contributed by atoms with van der Waals surface area (Å²) in [6, 6.07) is 5.67. The van der Waals surface area contributed by atoms with Crippen molar-refractivity contribution in [1.82, 2.24) is 4.98 Å². The SMILES string of the molecule is CS(=O)c1ccc2nc(Br)sc2c1. The Bertz CT molecular complexity index is 480. The van der Waals surface area contributed by atoms with Gasteiger partial charge in [0.1, 0.15) is 0 Å². The molecule has 0 amide bonds. The van der Waals surface area contributed by atoms with Gasteiger partial charge in [-0.15, -0.1) is 11.3 Å². The summed E-state index contributed by atoms with van der Waals surface area (Å²) < 4.78 is 13.1. The van der Waals surface area contributed by atoms with E-state index in [0.717, 1.165) is 19.0 Å². The van der Waals surface area contributed by atoms with Crippen molar-refractivity contribution in [2.75, 3.05) is 6.26 Å². The number of aromatic nitrogens is 1. The molecule has 1 unspecified atom stereocenters. The molecule has 0 N–H and O–H groups in total. The van der Waals surface area contributed by atoms with Gasteiger partial charge in [-0.2, -0.15) is 0 Å². The van der Waals surface area contributed by atoms with E-state index in [0.29, 0.717) is 0 Å². The Hall–Kier alpha value is -0.260. The smallest absolute Gasteiger partial charge is 0.160 e. The molecule has 0 fully saturated rings. The third-order valence-electron chi connectivity index (χ3n) is 1.67. The Labute approximate surface area is 90.6 Å². The van der Waals surface area contributed by atoms with Gasteiger partial charge in [0.05, 0.1) is 10.2 Å². The first kappa shape index (κ1) is 9.30. The third-order valence-corrected chi connectivity index (χ3v) is 4.05. The van der Waals surface area contributed by atoms with Gasteiger partial charge in [-0.05, 0) is 34.1 Å². The number of halogens is 1. The van der Waals surface area contributed by atoms with Crippen molar-refractivity contribution in [3.05, 3.63) is 22.1 Å². The lowest BCUT2D eigenvalue weighted by Crippen LogP contribution is -1.85. The molecular weight excluding hydrogens is 270 g/mol. The van der Waals surface area contributed by atoms with Gasteiger partial charge in [0.15, 0.2) is 3.92 Å². The van der Waals surface area contributed by atoms with Crippen molar-refractivity contribution in [1.29, 1.82) is 0 Å². The average molecular weight is 276 g/mol. The summed E-state index contributed by atoms with van der Waals surface area (Å²) >= 11 is 4.87. The molecule has 2 nitrogen and oxygen atoms in total.